The van der Waals surface area contributed by atoms with Gasteiger partial charge in [0.25, 0.3) is 0 Å². The minimum atomic E-state index is -0.111. The zero-order valence-corrected chi connectivity index (χ0v) is 15.8. The van der Waals surface area contributed by atoms with E-state index in [9.17, 15) is 4.79 Å². The maximum Gasteiger partial charge on any atom is 0.229 e. The zero-order chi connectivity index (χ0) is 16.4. The zero-order valence-electron chi connectivity index (χ0n) is 15.0. The van der Waals surface area contributed by atoms with Gasteiger partial charge in [0.05, 0.1) is 5.41 Å². The van der Waals surface area contributed by atoms with Crippen LogP contribution in [0, 0.1) is 5.41 Å². The number of rotatable bonds is 4. The fourth-order valence-electron chi connectivity index (χ4n) is 4.66. The van der Waals surface area contributed by atoms with Gasteiger partial charge in [-0.25, -0.2) is 0 Å². The molecule has 0 bridgehead atoms. The highest BCUT2D eigenvalue weighted by atomic mass is 35.5. The number of benzene rings is 1. The lowest BCUT2D eigenvalue weighted by atomic mass is 9.64. The van der Waals surface area contributed by atoms with E-state index in [0.29, 0.717) is 11.9 Å². The Balaban J connectivity index is 0.00000182. The number of carbonyl (C=O) groups is 1. The van der Waals surface area contributed by atoms with Crippen LogP contribution in [0.1, 0.15) is 31.2 Å². The van der Waals surface area contributed by atoms with E-state index in [1.807, 2.05) is 0 Å². The van der Waals surface area contributed by atoms with Gasteiger partial charge < -0.3 is 10.2 Å². The average molecular weight is 364 g/mol. The lowest BCUT2D eigenvalue weighted by molar-refractivity contribution is -0.146. The summed E-state index contributed by atoms with van der Waals surface area (Å²) in [5, 5.41) is 3.42. The molecule has 0 aromatic heterocycles. The summed E-state index contributed by atoms with van der Waals surface area (Å²) in [4.78, 5) is 18.0. The molecule has 2 heterocycles. The Hall–Kier alpha value is -1.10. The van der Waals surface area contributed by atoms with Gasteiger partial charge in [0.15, 0.2) is 0 Å². The minimum Gasteiger partial charge on any atom is -0.341 e. The van der Waals surface area contributed by atoms with Crippen LogP contribution < -0.4 is 5.32 Å². The van der Waals surface area contributed by atoms with Crippen molar-refractivity contribution in [2.75, 3.05) is 39.3 Å². The molecule has 0 spiro atoms. The minimum absolute atomic E-state index is 0. The molecule has 1 aromatic carbocycles. The monoisotopic (exact) mass is 363 g/mol. The highest BCUT2D eigenvalue weighted by Gasteiger charge is 2.47. The van der Waals surface area contributed by atoms with Gasteiger partial charge >= 0.3 is 0 Å². The number of carbonyl (C=O) groups excluding carboxylic acids is 1. The molecule has 5 heteroatoms. The first-order valence-electron chi connectivity index (χ1n) is 9.55. The van der Waals surface area contributed by atoms with Crippen molar-refractivity contribution in [3.63, 3.8) is 0 Å². The number of hydrogen-bond acceptors (Lipinski definition) is 3. The van der Waals surface area contributed by atoms with E-state index in [-0.39, 0.29) is 17.8 Å². The Morgan fingerprint density at radius 1 is 1.12 bits per heavy atom. The summed E-state index contributed by atoms with van der Waals surface area (Å²) >= 11 is 0. The molecule has 1 unspecified atom stereocenters. The number of nitrogens with one attached hydrogen (secondary N) is 1. The maximum atomic E-state index is 13.3. The fourth-order valence-corrected chi connectivity index (χ4v) is 4.66. The highest BCUT2D eigenvalue weighted by molar-refractivity contribution is 5.85. The van der Waals surface area contributed by atoms with Crippen LogP contribution in [0.3, 0.4) is 0 Å². The molecule has 2 saturated heterocycles. The number of nitrogens with zero attached hydrogens (tertiary/aromatic N) is 2. The van der Waals surface area contributed by atoms with Crippen molar-refractivity contribution in [3.8, 4) is 0 Å². The average Bonchev–Trinajstić information content (AvgIpc) is 3.09. The van der Waals surface area contributed by atoms with E-state index in [4.69, 9.17) is 0 Å². The molecule has 4 rings (SSSR count). The second kappa shape index (κ2) is 8.07. The maximum absolute atomic E-state index is 13.3. The van der Waals surface area contributed by atoms with Crippen LogP contribution in [0.25, 0.3) is 0 Å². The van der Waals surface area contributed by atoms with Crippen molar-refractivity contribution >= 4 is 18.3 Å². The third-order valence-electron chi connectivity index (χ3n) is 6.27. The smallest absolute Gasteiger partial charge is 0.229 e. The van der Waals surface area contributed by atoms with Crippen molar-refractivity contribution in [3.05, 3.63) is 35.9 Å². The molecule has 1 amide bonds. The van der Waals surface area contributed by atoms with Gasteiger partial charge in [-0.15, -0.1) is 12.4 Å². The number of hydrogen-bond donors (Lipinski definition) is 1. The highest BCUT2D eigenvalue weighted by Crippen LogP contribution is 2.45. The van der Waals surface area contributed by atoms with E-state index in [0.717, 1.165) is 65.0 Å². The summed E-state index contributed by atoms with van der Waals surface area (Å²) in [5.41, 5.74) is 1.20. The van der Waals surface area contributed by atoms with Gasteiger partial charge in [-0.05, 0) is 31.2 Å². The first-order chi connectivity index (χ1) is 11.8. The van der Waals surface area contributed by atoms with Crippen molar-refractivity contribution in [2.45, 2.75) is 38.1 Å². The molecule has 0 radical (unpaired) electrons. The van der Waals surface area contributed by atoms with Crippen LogP contribution in [0.2, 0.25) is 0 Å². The van der Waals surface area contributed by atoms with E-state index >= 15 is 0 Å². The first-order valence-corrected chi connectivity index (χ1v) is 9.55. The predicted molar refractivity (Wildman–Crippen MR) is 103 cm³/mol. The Morgan fingerprint density at radius 2 is 1.84 bits per heavy atom. The molecule has 1 aliphatic carbocycles. The molecule has 1 atom stereocenters. The summed E-state index contributed by atoms with van der Waals surface area (Å²) in [7, 11) is 0. The molecule has 1 aromatic rings. The molecule has 3 aliphatic rings. The molecule has 1 saturated carbocycles. The molecule has 2 aliphatic heterocycles. The van der Waals surface area contributed by atoms with Gasteiger partial charge in [-0.2, -0.15) is 0 Å². The SMILES string of the molecule is Cl.O=C(N1CCC(N2CCNCC2)C1)C1(Cc2ccccc2)CCC1. The Bertz CT molecular complexity index is 570. The summed E-state index contributed by atoms with van der Waals surface area (Å²) in [6.45, 7) is 6.31. The van der Waals surface area contributed by atoms with E-state index in [2.05, 4.69) is 45.4 Å². The Labute approximate surface area is 157 Å². The van der Waals surface area contributed by atoms with E-state index in [1.165, 1.54) is 12.0 Å². The third-order valence-corrected chi connectivity index (χ3v) is 6.27. The quantitative estimate of drug-likeness (QED) is 0.891. The fraction of sp³-hybridized carbons (Fsp3) is 0.650. The number of piperazine rings is 1. The van der Waals surface area contributed by atoms with Gasteiger partial charge in [0, 0.05) is 45.3 Å². The molecule has 138 valence electrons. The van der Waals surface area contributed by atoms with E-state index in [1.54, 1.807) is 0 Å². The van der Waals surface area contributed by atoms with Gasteiger partial charge in [-0.3, -0.25) is 9.69 Å². The molecule has 25 heavy (non-hydrogen) atoms. The van der Waals surface area contributed by atoms with Crippen LogP contribution in [-0.2, 0) is 11.2 Å². The molecule has 1 N–H and O–H groups in total. The summed E-state index contributed by atoms with van der Waals surface area (Å²) in [5.74, 6) is 0.426. The van der Waals surface area contributed by atoms with Gasteiger partial charge in [0.1, 0.15) is 0 Å². The summed E-state index contributed by atoms with van der Waals surface area (Å²) in [6, 6.07) is 11.1. The largest absolute Gasteiger partial charge is 0.341 e. The van der Waals surface area contributed by atoms with Crippen molar-refractivity contribution < 1.29 is 4.79 Å². The lowest BCUT2D eigenvalue weighted by Gasteiger charge is -2.43. The van der Waals surface area contributed by atoms with Crippen LogP contribution in [0.15, 0.2) is 30.3 Å². The summed E-state index contributed by atoms with van der Waals surface area (Å²) < 4.78 is 0. The molecular weight excluding hydrogens is 334 g/mol. The molecular formula is C20H30ClN3O. The molecule has 3 fully saturated rings. The number of halogens is 1. The van der Waals surface area contributed by atoms with Gasteiger partial charge in [-0.1, -0.05) is 36.8 Å². The van der Waals surface area contributed by atoms with Crippen molar-refractivity contribution in [2.24, 2.45) is 5.41 Å². The standard InChI is InChI=1S/C20H29N3O.ClH/c24-19(20(8-4-9-20)15-17-5-2-1-3-6-17)23-12-7-18(16-23)22-13-10-21-11-14-22;/h1-3,5-6,18,21H,4,7-16H2;1H. The predicted octanol–water partition coefficient (Wildman–Crippen LogP) is 2.33. The van der Waals surface area contributed by atoms with E-state index < -0.39 is 0 Å². The van der Waals surface area contributed by atoms with Crippen molar-refractivity contribution in [1.29, 1.82) is 0 Å². The first kappa shape index (κ1) is 18.7. The number of likely N-dealkylation sites (tertiary alicyclic amines) is 1. The van der Waals surface area contributed by atoms with Crippen molar-refractivity contribution in [1.82, 2.24) is 15.1 Å². The Morgan fingerprint density at radius 3 is 2.48 bits per heavy atom. The van der Waals surface area contributed by atoms with Crippen LogP contribution in [0.5, 0.6) is 0 Å². The topological polar surface area (TPSA) is 35.6 Å². The van der Waals surface area contributed by atoms with Gasteiger partial charge in [0.2, 0.25) is 5.91 Å². The normalized spacial score (nSPS) is 25.9. The Kier molecular flexibility index (Phi) is 6.03. The summed E-state index contributed by atoms with van der Waals surface area (Å²) in [6.07, 6.45) is 5.40. The van der Waals surface area contributed by atoms with Crippen LogP contribution in [-0.4, -0.2) is 61.0 Å². The number of amides is 1. The second-order valence-corrected chi connectivity index (χ2v) is 7.78. The third kappa shape index (κ3) is 3.86. The van der Waals surface area contributed by atoms with Crippen LogP contribution >= 0.6 is 12.4 Å². The lowest BCUT2D eigenvalue weighted by Crippen LogP contribution is -2.51. The second-order valence-electron chi connectivity index (χ2n) is 7.78. The van der Waals surface area contributed by atoms with Crippen LogP contribution in [0.4, 0.5) is 0 Å². The molecule has 4 nitrogen and oxygen atoms in total.